The summed E-state index contributed by atoms with van der Waals surface area (Å²) in [5.41, 5.74) is 0.483. The Bertz CT molecular complexity index is 1270. The predicted octanol–water partition coefficient (Wildman–Crippen LogP) is 4.28. The highest BCUT2D eigenvalue weighted by molar-refractivity contribution is 7.89. The lowest BCUT2D eigenvalue weighted by Gasteiger charge is -2.34. The summed E-state index contributed by atoms with van der Waals surface area (Å²) in [6, 6.07) is 13.2. The zero-order chi connectivity index (χ0) is 23.8. The number of thiazole rings is 1. The van der Waals surface area contributed by atoms with Gasteiger partial charge in [-0.3, -0.25) is 4.79 Å². The van der Waals surface area contributed by atoms with E-state index in [2.05, 4.69) is 4.98 Å². The van der Waals surface area contributed by atoms with Gasteiger partial charge in [-0.05, 0) is 25.1 Å². The minimum atomic E-state index is -4.64. The Hall–Kier alpha value is -2.76. The van der Waals surface area contributed by atoms with Crippen LogP contribution in [-0.4, -0.2) is 54.7 Å². The number of aromatic nitrogens is 1. The van der Waals surface area contributed by atoms with Crippen LogP contribution in [0.1, 0.15) is 20.9 Å². The molecule has 1 aromatic heterocycles. The first-order valence-electron chi connectivity index (χ1n) is 10.1. The third kappa shape index (κ3) is 4.80. The van der Waals surface area contributed by atoms with Gasteiger partial charge >= 0.3 is 6.18 Å². The second kappa shape index (κ2) is 8.88. The molecule has 0 atom stereocenters. The van der Waals surface area contributed by atoms with Crippen molar-refractivity contribution >= 4 is 27.3 Å². The Morgan fingerprint density at radius 3 is 2.30 bits per heavy atom. The summed E-state index contributed by atoms with van der Waals surface area (Å²) in [7, 11) is -4.11. The molecule has 1 amide bonds. The molecule has 3 aromatic rings. The average molecular weight is 496 g/mol. The van der Waals surface area contributed by atoms with Crippen LogP contribution in [0.15, 0.2) is 59.5 Å². The Labute approximate surface area is 193 Å². The van der Waals surface area contributed by atoms with E-state index in [1.54, 1.807) is 11.8 Å². The number of sulfonamides is 1. The van der Waals surface area contributed by atoms with Gasteiger partial charge in [0.1, 0.15) is 9.88 Å². The average Bonchev–Trinajstić information content (AvgIpc) is 3.20. The van der Waals surface area contributed by atoms with Crippen molar-refractivity contribution in [2.75, 3.05) is 26.2 Å². The molecule has 6 nitrogen and oxygen atoms in total. The molecule has 33 heavy (non-hydrogen) atoms. The van der Waals surface area contributed by atoms with Crippen LogP contribution in [-0.2, 0) is 16.2 Å². The Kier molecular flexibility index (Phi) is 6.30. The number of carbonyl (C=O) groups is 1. The lowest BCUT2D eigenvalue weighted by Crippen LogP contribution is -2.50. The van der Waals surface area contributed by atoms with Crippen molar-refractivity contribution in [2.24, 2.45) is 0 Å². The fourth-order valence-corrected chi connectivity index (χ4v) is 6.06. The van der Waals surface area contributed by atoms with Crippen molar-refractivity contribution in [3.05, 3.63) is 70.7 Å². The van der Waals surface area contributed by atoms with E-state index in [-0.39, 0.29) is 32.1 Å². The van der Waals surface area contributed by atoms with Crippen LogP contribution in [0.4, 0.5) is 13.2 Å². The summed E-state index contributed by atoms with van der Waals surface area (Å²) < 4.78 is 65.8. The van der Waals surface area contributed by atoms with E-state index in [9.17, 15) is 26.4 Å². The molecule has 1 aliphatic rings. The monoisotopic (exact) mass is 495 g/mol. The standard InChI is InChI=1S/C22H20F3N3O3S2/c1-15-19(32-20(26-15)16-6-3-2-4-7-16)21(29)27-10-12-28(13-11-27)33(30,31)18-9-5-8-17(14-18)22(23,24)25/h2-9,14H,10-13H2,1H3. The van der Waals surface area contributed by atoms with Crippen LogP contribution in [0, 0.1) is 6.92 Å². The normalized spacial score (nSPS) is 15.6. The molecule has 0 bridgehead atoms. The van der Waals surface area contributed by atoms with E-state index in [0.717, 1.165) is 33.1 Å². The maximum Gasteiger partial charge on any atom is 0.416 e. The van der Waals surface area contributed by atoms with Gasteiger partial charge in [0.15, 0.2) is 0 Å². The first kappa shape index (κ1) is 23.4. The molecule has 1 aliphatic heterocycles. The minimum absolute atomic E-state index is 0.00624. The van der Waals surface area contributed by atoms with Crippen molar-refractivity contribution in [2.45, 2.75) is 18.0 Å². The fourth-order valence-electron chi connectivity index (χ4n) is 3.56. The molecule has 2 aromatic carbocycles. The number of hydrogen-bond donors (Lipinski definition) is 0. The van der Waals surface area contributed by atoms with E-state index in [1.807, 2.05) is 30.3 Å². The van der Waals surface area contributed by atoms with Crippen LogP contribution < -0.4 is 0 Å². The Balaban J connectivity index is 1.47. The van der Waals surface area contributed by atoms with Crippen LogP contribution in [0.2, 0.25) is 0 Å². The molecule has 0 radical (unpaired) electrons. The van der Waals surface area contributed by atoms with Crippen molar-refractivity contribution in [1.82, 2.24) is 14.2 Å². The summed E-state index contributed by atoms with van der Waals surface area (Å²) in [6.07, 6.45) is -4.64. The molecule has 0 N–H and O–H groups in total. The number of piperazine rings is 1. The van der Waals surface area contributed by atoms with Crippen molar-refractivity contribution in [3.63, 3.8) is 0 Å². The van der Waals surface area contributed by atoms with E-state index in [4.69, 9.17) is 0 Å². The van der Waals surface area contributed by atoms with E-state index in [1.165, 1.54) is 11.3 Å². The molecule has 2 heterocycles. The van der Waals surface area contributed by atoms with Gasteiger partial charge in [0.25, 0.3) is 5.91 Å². The SMILES string of the molecule is Cc1nc(-c2ccccc2)sc1C(=O)N1CCN(S(=O)(=O)c2cccc(C(F)(F)F)c2)CC1. The van der Waals surface area contributed by atoms with Gasteiger partial charge in [-0.25, -0.2) is 13.4 Å². The number of rotatable bonds is 4. The summed E-state index contributed by atoms with van der Waals surface area (Å²) in [4.78, 5) is 19.2. The van der Waals surface area contributed by atoms with Gasteiger partial charge in [-0.1, -0.05) is 36.4 Å². The third-order valence-electron chi connectivity index (χ3n) is 5.34. The Morgan fingerprint density at radius 1 is 1.00 bits per heavy atom. The molecule has 4 rings (SSSR count). The number of hydrogen-bond acceptors (Lipinski definition) is 5. The van der Waals surface area contributed by atoms with Gasteiger partial charge < -0.3 is 4.90 Å². The number of aryl methyl sites for hydroxylation is 1. The minimum Gasteiger partial charge on any atom is -0.335 e. The Morgan fingerprint density at radius 2 is 1.67 bits per heavy atom. The lowest BCUT2D eigenvalue weighted by atomic mass is 10.2. The molecule has 0 unspecified atom stereocenters. The first-order valence-corrected chi connectivity index (χ1v) is 12.3. The highest BCUT2D eigenvalue weighted by atomic mass is 32.2. The number of alkyl halides is 3. The summed E-state index contributed by atoms with van der Waals surface area (Å²) in [5, 5.41) is 0.724. The lowest BCUT2D eigenvalue weighted by molar-refractivity contribution is -0.137. The molecule has 0 saturated carbocycles. The largest absolute Gasteiger partial charge is 0.416 e. The summed E-state index contributed by atoms with van der Waals surface area (Å²) in [5.74, 6) is -0.233. The molecule has 11 heteroatoms. The maximum atomic E-state index is 13.0. The van der Waals surface area contributed by atoms with Crippen LogP contribution in [0.3, 0.4) is 0 Å². The second-order valence-electron chi connectivity index (χ2n) is 7.52. The second-order valence-corrected chi connectivity index (χ2v) is 10.5. The van der Waals surface area contributed by atoms with E-state index >= 15 is 0 Å². The van der Waals surface area contributed by atoms with Crippen LogP contribution >= 0.6 is 11.3 Å². The number of benzene rings is 2. The zero-order valence-corrected chi connectivity index (χ0v) is 19.2. The molecule has 0 spiro atoms. The number of carbonyl (C=O) groups excluding carboxylic acids is 1. The quantitative estimate of drug-likeness (QED) is 0.542. The van der Waals surface area contributed by atoms with Crippen LogP contribution in [0.5, 0.6) is 0 Å². The molecule has 0 aliphatic carbocycles. The van der Waals surface area contributed by atoms with Gasteiger partial charge in [0.2, 0.25) is 10.0 Å². The maximum absolute atomic E-state index is 13.0. The van der Waals surface area contributed by atoms with Gasteiger partial charge in [0.05, 0.1) is 16.2 Å². The first-order chi connectivity index (χ1) is 15.6. The number of amides is 1. The molecule has 1 fully saturated rings. The van der Waals surface area contributed by atoms with Crippen molar-refractivity contribution in [3.8, 4) is 10.6 Å². The topological polar surface area (TPSA) is 70.6 Å². The fraction of sp³-hybridized carbons (Fsp3) is 0.273. The number of halogens is 3. The predicted molar refractivity (Wildman–Crippen MR) is 118 cm³/mol. The van der Waals surface area contributed by atoms with Gasteiger partial charge in [-0.2, -0.15) is 17.5 Å². The molecule has 1 saturated heterocycles. The molecule has 174 valence electrons. The van der Waals surface area contributed by atoms with Gasteiger partial charge in [0, 0.05) is 31.7 Å². The van der Waals surface area contributed by atoms with Crippen molar-refractivity contribution < 1.29 is 26.4 Å². The third-order valence-corrected chi connectivity index (χ3v) is 8.43. The van der Waals surface area contributed by atoms with E-state index in [0.29, 0.717) is 16.6 Å². The summed E-state index contributed by atoms with van der Waals surface area (Å²) in [6.45, 7) is 2.01. The number of nitrogens with zero attached hydrogens (tertiary/aromatic N) is 3. The highest BCUT2D eigenvalue weighted by Crippen LogP contribution is 2.32. The highest BCUT2D eigenvalue weighted by Gasteiger charge is 2.35. The van der Waals surface area contributed by atoms with E-state index < -0.39 is 26.7 Å². The van der Waals surface area contributed by atoms with Gasteiger partial charge in [-0.15, -0.1) is 11.3 Å². The van der Waals surface area contributed by atoms with Crippen molar-refractivity contribution in [1.29, 1.82) is 0 Å². The molecular weight excluding hydrogens is 475 g/mol. The molecular formula is C22H20F3N3O3S2. The zero-order valence-electron chi connectivity index (χ0n) is 17.5. The van der Waals surface area contributed by atoms with Crippen LogP contribution in [0.25, 0.3) is 10.6 Å². The summed E-state index contributed by atoms with van der Waals surface area (Å²) >= 11 is 1.28. The smallest absolute Gasteiger partial charge is 0.335 e.